The quantitative estimate of drug-likeness (QED) is 0.650. The van der Waals surface area contributed by atoms with Gasteiger partial charge in [-0.05, 0) is 31.6 Å². The topological polar surface area (TPSA) is 89.9 Å². The highest BCUT2D eigenvalue weighted by Gasteiger charge is 2.38. The molecule has 6 nitrogen and oxygen atoms in total. The first-order chi connectivity index (χ1) is 8.08. The molecule has 2 atom stereocenters. The van der Waals surface area contributed by atoms with Gasteiger partial charge in [0.05, 0.1) is 6.10 Å². The number of urea groups is 1. The number of nitrogens with one attached hydrogen (secondary N) is 1. The van der Waals surface area contributed by atoms with E-state index in [2.05, 4.69) is 5.32 Å². The van der Waals surface area contributed by atoms with Crippen molar-refractivity contribution in [2.75, 3.05) is 13.1 Å². The summed E-state index contributed by atoms with van der Waals surface area (Å²) in [4.78, 5) is 24.3. The van der Waals surface area contributed by atoms with Crippen molar-refractivity contribution in [2.45, 2.75) is 37.8 Å². The van der Waals surface area contributed by atoms with Crippen LogP contribution in [0.2, 0.25) is 0 Å². The molecule has 2 rings (SSSR count). The summed E-state index contributed by atoms with van der Waals surface area (Å²) in [6.07, 6.45) is 2.70. The van der Waals surface area contributed by atoms with Crippen LogP contribution in [0.1, 0.15) is 25.7 Å². The van der Waals surface area contributed by atoms with Crippen molar-refractivity contribution in [1.29, 1.82) is 0 Å². The Balaban J connectivity index is 1.88. The van der Waals surface area contributed by atoms with E-state index in [1.165, 1.54) is 4.90 Å². The van der Waals surface area contributed by atoms with Crippen molar-refractivity contribution in [3.05, 3.63) is 0 Å². The summed E-state index contributed by atoms with van der Waals surface area (Å²) in [5.41, 5.74) is 0. The molecule has 6 heteroatoms. The second-order valence-electron chi connectivity index (χ2n) is 4.84. The number of likely N-dealkylation sites (tertiary alicyclic amines) is 1. The Hall–Kier alpha value is -1.30. The molecule has 3 N–H and O–H groups in total. The third kappa shape index (κ3) is 3.09. The van der Waals surface area contributed by atoms with Crippen LogP contribution < -0.4 is 5.32 Å². The number of piperidine rings is 1. The van der Waals surface area contributed by atoms with Crippen LogP contribution in [0.15, 0.2) is 0 Å². The smallest absolute Gasteiger partial charge is 0.326 e. The van der Waals surface area contributed by atoms with E-state index >= 15 is 0 Å². The number of carboxylic acid groups (broad SMARTS) is 1. The number of carboxylic acids is 1. The summed E-state index contributed by atoms with van der Waals surface area (Å²) in [7, 11) is 0. The first-order valence-electron chi connectivity index (χ1n) is 6.04. The number of hydrogen-bond acceptors (Lipinski definition) is 3. The number of aliphatic hydroxyl groups is 1. The van der Waals surface area contributed by atoms with Crippen molar-refractivity contribution in [1.82, 2.24) is 10.2 Å². The minimum Gasteiger partial charge on any atom is -0.480 e. The molecule has 0 bridgehead atoms. The Morgan fingerprint density at radius 3 is 2.53 bits per heavy atom. The molecule has 2 amide bonds. The normalized spacial score (nSPS) is 26.4. The van der Waals surface area contributed by atoms with E-state index in [0.29, 0.717) is 19.5 Å². The van der Waals surface area contributed by atoms with Crippen molar-refractivity contribution in [3.8, 4) is 0 Å². The molecular formula is C11H18N2O4. The number of hydrogen-bond donors (Lipinski definition) is 3. The van der Waals surface area contributed by atoms with Crippen LogP contribution in [0.4, 0.5) is 4.79 Å². The van der Waals surface area contributed by atoms with E-state index in [1.807, 2.05) is 0 Å². The Morgan fingerprint density at radius 1 is 1.29 bits per heavy atom. The van der Waals surface area contributed by atoms with Crippen LogP contribution >= 0.6 is 0 Å². The average molecular weight is 242 g/mol. The molecule has 0 spiro atoms. The molecule has 1 saturated heterocycles. The molecule has 0 aromatic rings. The standard InChI is InChI=1S/C11H18N2O4/c14-8-2-1-5-13(6-8)11(17)12-9(10(15)16)7-3-4-7/h7-9,14H,1-6H2,(H,12,17)(H,15,16). The van der Waals surface area contributed by atoms with Gasteiger partial charge >= 0.3 is 12.0 Å². The second kappa shape index (κ2) is 4.91. The van der Waals surface area contributed by atoms with Gasteiger partial charge in [0.25, 0.3) is 0 Å². The van der Waals surface area contributed by atoms with Crippen molar-refractivity contribution in [2.24, 2.45) is 5.92 Å². The van der Waals surface area contributed by atoms with Gasteiger partial charge in [0, 0.05) is 13.1 Å². The molecule has 0 radical (unpaired) electrons. The molecule has 2 aliphatic rings. The van der Waals surface area contributed by atoms with Crippen LogP contribution in [0.5, 0.6) is 0 Å². The highest BCUT2D eigenvalue weighted by molar-refractivity contribution is 5.83. The lowest BCUT2D eigenvalue weighted by molar-refractivity contribution is -0.139. The van der Waals surface area contributed by atoms with E-state index in [9.17, 15) is 14.7 Å². The van der Waals surface area contributed by atoms with Gasteiger partial charge in [-0.1, -0.05) is 0 Å². The predicted molar refractivity (Wildman–Crippen MR) is 59.5 cm³/mol. The fourth-order valence-electron chi connectivity index (χ4n) is 2.17. The molecule has 1 aliphatic carbocycles. The molecule has 0 aromatic carbocycles. The van der Waals surface area contributed by atoms with Gasteiger partial charge < -0.3 is 20.4 Å². The monoisotopic (exact) mass is 242 g/mol. The molecule has 1 aliphatic heterocycles. The largest absolute Gasteiger partial charge is 0.480 e. The fourth-order valence-corrected chi connectivity index (χ4v) is 2.17. The highest BCUT2D eigenvalue weighted by Crippen LogP contribution is 2.32. The van der Waals surface area contributed by atoms with Gasteiger partial charge in [-0.25, -0.2) is 9.59 Å². The van der Waals surface area contributed by atoms with Crippen molar-refractivity contribution >= 4 is 12.0 Å². The van der Waals surface area contributed by atoms with E-state index in [-0.39, 0.29) is 11.9 Å². The summed E-state index contributed by atoms with van der Waals surface area (Å²) in [5.74, 6) is -0.899. The average Bonchev–Trinajstić information content (AvgIpc) is 3.09. The maximum absolute atomic E-state index is 11.8. The zero-order chi connectivity index (χ0) is 12.4. The SMILES string of the molecule is O=C(O)C(NC(=O)N1CCCC(O)C1)C1CC1. The Bertz CT molecular complexity index is 317. The number of nitrogens with zero attached hydrogens (tertiary/aromatic N) is 1. The second-order valence-corrected chi connectivity index (χ2v) is 4.84. The summed E-state index contributed by atoms with van der Waals surface area (Å²) >= 11 is 0. The summed E-state index contributed by atoms with van der Waals surface area (Å²) < 4.78 is 0. The Morgan fingerprint density at radius 2 is 2.00 bits per heavy atom. The Kier molecular flexibility index (Phi) is 3.51. The fraction of sp³-hybridized carbons (Fsp3) is 0.818. The van der Waals surface area contributed by atoms with Crippen LogP contribution in [-0.2, 0) is 4.79 Å². The van der Waals surface area contributed by atoms with Crippen molar-refractivity contribution < 1.29 is 19.8 Å². The number of aliphatic hydroxyl groups excluding tert-OH is 1. The van der Waals surface area contributed by atoms with E-state index in [1.54, 1.807) is 0 Å². The van der Waals surface area contributed by atoms with Gasteiger partial charge in [0.1, 0.15) is 6.04 Å². The van der Waals surface area contributed by atoms with Crippen LogP contribution in [-0.4, -0.2) is 52.3 Å². The number of β-amino-alcohol motifs (C(OH)–C–C–N with tert-alkyl or cyclic N) is 1. The van der Waals surface area contributed by atoms with Gasteiger partial charge in [-0.3, -0.25) is 0 Å². The summed E-state index contributed by atoms with van der Waals surface area (Å²) in [6, 6.07) is -1.15. The van der Waals surface area contributed by atoms with E-state index < -0.39 is 18.1 Å². The molecule has 2 fully saturated rings. The van der Waals surface area contributed by atoms with Crippen LogP contribution in [0, 0.1) is 5.92 Å². The van der Waals surface area contributed by atoms with Crippen LogP contribution in [0.25, 0.3) is 0 Å². The predicted octanol–water partition coefficient (Wildman–Crippen LogP) is 0.0159. The number of carbonyl (C=O) groups excluding carboxylic acids is 1. The number of aliphatic carboxylic acids is 1. The molecule has 2 unspecified atom stereocenters. The lowest BCUT2D eigenvalue weighted by atomic mass is 10.1. The first-order valence-corrected chi connectivity index (χ1v) is 6.04. The third-order valence-electron chi connectivity index (χ3n) is 3.32. The number of carbonyl (C=O) groups is 2. The van der Waals surface area contributed by atoms with Gasteiger partial charge in [-0.15, -0.1) is 0 Å². The van der Waals surface area contributed by atoms with Crippen LogP contribution in [0.3, 0.4) is 0 Å². The highest BCUT2D eigenvalue weighted by atomic mass is 16.4. The maximum atomic E-state index is 11.8. The lowest BCUT2D eigenvalue weighted by Gasteiger charge is -2.31. The number of rotatable bonds is 3. The molecule has 17 heavy (non-hydrogen) atoms. The minimum absolute atomic E-state index is 0.0752. The lowest BCUT2D eigenvalue weighted by Crippen LogP contribution is -2.52. The summed E-state index contributed by atoms with van der Waals surface area (Å²) in [6.45, 7) is 0.878. The number of amides is 2. The zero-order valence-corrected chi connectivity index (χ0v) is 9.63. The Labute approximate surface area is 99.6 Å². The van der Waals surface area contributed by atoms with Gasteiger partial charge in [0.15, 0.2) is 0 Å². The maximum Gasteiger partial charge on any atom is 0.326 e. The minimum atomic E-state index is -0.974. The van der Waals surface area contributed by atoms with E-state index in [0.717, 1.165) is 19.3 Å². The summed E-state index contributed by atoms with van der Waals surface area (Å²) in [5, 5.41) is 21.0. The molecular weight excluding hydrogens is 224 g/mol. The van der Waals surface area contributed by atoms with E-state index in [4.69, 9.17) is 5.11 Å². The first kappa shape index (κ1) is 12.2. The third-order valence-corrected chi connectivity index (χ3v) is 3.32. The molecule has 96 valence electrons. The van der Waals surface area contributed by atoms with Gasteiger partial charge in [-0.2, -0.15) is 0 Å². The molecule has 1 heterocycles. The molecule has 1 saturated carbocycles. The zero-order valence-electron chi connectivity index (χ0n) is 9.63. The van der Waals surface area contributed by atoms with Crippen molar-refractivity contribution in [3.63, 3.8) is 0 Å². The van der Waals surface area contributed by atoms with Gasteiger partial charge in [0.2, 0.25) is 0 Å². The molecule has 0 aromatic heterocycles.